The second-order valence-electron chi connectivity index (χ2n) is 3.45. The molecule has 2 aliphatic carbocycles. The van der Waals surface area contributed by atoms with Crippen molar-refractivity contribution in [1.29, 1.82) is 0 Å². The van der Waals surface area contributed by atoms with E-state index in [9.17, 15) is 4.79 Å². The van der Waals surface area contributed by atoms with Crippen molar-refractivity contribution in [1.82, 2.24) is 0 Å². The number of carboxylic acids is 1. The molecule has 1 atom stereocenters. The van der Waals surface area contributed by atoms with Gasteiger partial charge in [0.1, 0.15) is 0 Å². The van der Waals surface area contributed by atoms with Crippen molar-refractivity contribution >= 4 is 5.97 Å². The molecule has 2 heteroatoms. The number of fused-ring (bicyclic) bond motifs is 2. The van der Waals surface area contributed by atoms with Gasteiger partial charge in [-0.1, -0.05) is 18.6 Å². The van der Waals surface area contributed by atoms with E-state index < -0.39 is 5.97 Å². The SMILES string of the molecule is C1=C2CCC(C1)C2.CCC(=O)O. The van der Waals surface area contributed by atoms with Crippen molar-refractivity contribution < 1.29 is 9.90 Å². The Balaban J connectivity index is 0.000000130. The fourth-order valence-electron chi connectivity index (χ4n) is 1.68. The van der Waals surface area contributed by atoms with Crippen LogP contribution in [0.5, 0.6) is 0 Å². The van der Waals surface area contributed by atoms with E-state index in [4.69, 9.17) is 5.11 Å². The minimum Gasteiger partial charge on any atom is -0.481 e. The lowest BCUT2D eigenvalue weighted by Gasteiger charge is -1.98. The molecule has 0 radical (unpaired) electrons. The fraction of sp³-hybridized carbons (Fsp3) is 0.700. The van der Waals surface area contributed by atoms with E-state index in [1.54, 1.807) is 12.5 Å². The molecule has 1 unspecified atom stereocenters. The molecule has 0 aromatic carbocycles. The predicted molar refractivity (Wildman–Crippen MR) is 48.0 cm³/mol. The molecule has 68 valence electrons. The third-order valence-corrected chi connectivity index (χ3v) is 2.47. The Bertz CT molecular complexity index is 194. The van der Waals surface area contributed by atoms with Gasteiger partial charge in [0.25, 0.3) is 0 Å². The minimum atomic E-state index is -0.745. The number of rotatable bonds is 1. The average Bonchev–Trinajstić information content (AvgIpc) is 2.67. The van der Waals surface area contributed by atoms with E-state index in [-0.39, 0.29) is 6.42 Å². The zero-order valence-corrected chi connectivity index (χ0v) is 7.55. The van der Waals surface area contributed by atoms with E-state index >= 15 is 0 Å². The first-order chi connectivity index (χ1) is 5.72. The van der Waals surface area contributed by atoms with Gasteiger partial charge in [0.15, 0.2) is 0 Å². The second-order valence-corrected chi connectivity index (χ2v) is 3.45. The molecule has 0 aliphatic heterocycles. The van der Waals surface area contributed by atoms with Crippen LogP contribution in [0.4, 0.5) is 0 Å². The van der Waals surface area contributed by atoms with Gasteiger partial charge in [0.05, 0.1) is 0 Å². The van der Waals surface area contributed by atoms with Crippen molar-refractivity contribution in [2.45, 2.75) is 39.0 Å². The number of aliphatic carboxylic acids is 1. The lowest BCUT2D eigenvalue weighted by atomic mass is 10.1. The highest BCUT2D eigenvalue weighted by atomic mass is 16.4. The Labute approximate surface area is 73.3 Å². The van der Waals surface area contributed by atoms with Gasteiger partial charge in [0, 0.05) is 6.42 Å². The molecular formula is C10H16O2. The third kappa shape index (κ3) is 2.68. The van der Waals surface area contributed by atoms with Crippen LogP contribution in [-0.2, 0) is 4.79 Å². The van der Waals surface area contributed by atoms with E-state index in [1.807, 2.05) is 0 Å². The number of allylic oxidation sites excluding steroid dienone is 2. The number of carbonyl (C=O) groups is 1. The smallest absolute Gasteiger partial charge is 0.303 e. The molecule has 2 nitrogen and oxygen atoms in total. The van der Waals surface area contributed by atoms with Gasteiger partial charge in [0.2, 0.25) is 0 Å². The molecule has 2 rings (SSSR count). The molecular weight excluding hydrogens is 152 g/mol. The highest BCUT2D eigenvalue weighted by molar-refractivity contribution is 5.66. The first kappa shape index (κ1) is 9.30. The van der Waals surface area contributed by atoms with Crippen molar-refractivity contribution in [3.63, 3.8) is 0 Å². The van der Waals surface area contributed by atoms with Gasteiger partial charge in [-0.05, 0) is 31.6 Å². The summed E-state index contributed by atoms with van der Waals surface area (Å²) in [5.74, 6) is 0.333. The topological polar surface area (TPSA) is 37.3 Å². The van der Waals surface area contributed by atoms with Crippen molar-refractivity contribution in [2.75, 3.05) is 0 Å². The summed E-state index contributed by atoms with van der Waals surface area (Å²) in [6.45, 7) is 1.60. The highest BCUT2D eigenvalue weighted by Crippen LogP contribution is 2.38. The molecule has 0 heterocycles. The number of hydrogen-bond donors (Lipinski definition) is 1. The van der Waals surface area contributed by atoms with Gasteiger partial charge < -0.3 is 5.11 Å². The first-order valence-electron chi connectivity index (χ1n) is 4.62. The molecule has 2 aliphatic rings. The van der Waals surface area contributed by atoms with E-state index in [2.05, 4.69) is 6.08 Å². The Morgan fingerprint density at radius 2 is 2.42 bits per heavy atom. The van der Waals surface area contributed by atoms with Crippen molar-refractivity contribution in [3.8, 4) is 0 Å². The third-order valence-electron chi connectivity index (χ3n) is 2.47. The summed E-state index contributed by atoms with van der Waals surface area (Å²) >= 11 is 0. The second kappa shape index (κ2) is 4.29. The maximum absolute atomic E-state index is 9.37. The van der Waals surface area contributed by atoms with Gasteiger partial charge in [-0.2, -0.15) is 0 Å². The molecule has 1 fully saturated rings. The zero-order valence-electron chi connectivity index (χ0n) is 7.55. The summed E-state index contributed by atoms with van der Waals surface area (Å²) in [6, 6.07) is 0. The number of carboxylic acid groups (broad SMARTS) is 1. The maximum atomic E-state index is 9.37. The molecule has 0 saturated heterocycles. The van der Waals surface area contributed by atoms with Crippen LogP contribution in [0.2, 0.25) is 0 Å². The summed E-state index contributed by atoms with van der Waals surface area (Å²) < 4.78 is 0. The predicted octanol–water partition coefficient (Wildman–Crippen LogP) is 2.60. The van der Waals surface area contributed by atoms with Gasteiger partial charge in [-0.15, -0.1) is 0 Å². The van der Waals surface area contributed by atoms with Crippen LogP contribution in [0.1, 0.15) is 39.0 Å². The summed E-state index contributed by atoms with van der Waals surface area (Å²) in [6.07, 6.45) is 8.40. The Hall–Kier alpha value is -0.790. The molecule has 1 saturated carbocycles. The molecule has 12 heavy (non-hydrogen) atoms. The van der Waals surface area contributed by atoms with Gasteiger partial charge >= 0.3 is 5.97 Å². The Kier molecular flexibility index (Phi) is 3.32. The van der Waals surface area contributed by atoms with E-state index in [0.29, 0.717) is 0 Å². The molecule has 0 amide bonds. The molecule has 0 aromatic rings. The van der Waals surface area contributed by atoms with Crippen LogP contribution in [0.25, 0.3) is 0 Å². The monoisotopic (exact) mass is 168 g/mol. The van der Waals surface area contributed by atoms with Crippen LogP contribution < -0.4 is 0 Å². The molecule has 0 spiro atoms. The first-order valence-corrected chi connectivity index (χ1v) is 4.62. The fourth-order valence-corrected chi connectivity index (χ4v) is 1.68. The van der Waals surface area contributed by atoms with Crippen LogP contribution in [-0.4, -0.2) is 11.1 Å². The van der Waals surface area contributed by atoms with E-state index in [0.717, 1.165) is 5.92 Å². The summed E-state index contributed by atoms with van der Waals surface area (Å²) in [5, 5.41) is 7.72. The number of hydrogen-bond acceptors (Lipinski definition) is 1. The van der Waals surface area contributed by atoms with Gasteiger partial charge in [-0.25, -0.2) is 0 Å². The van der Waals surface area contributed by atoms with Gasteiger partial charge in [-0.3, -0.25) is 4.79 Å². The molecule has 1 N–H and O–H groups in total. The quantitative estimate of drug-likeness (QED) is 0.611. The summed E-state index contributed by atoms with van der Waals surface area (Å²) in [7, 11) is 0. The molecule has 2 bridgehead atoms. The van der Waals surface area contributed by atoms with Crippen LogP contribution in [0.3, 0.4) is 0 Å². The summed E-state index contributed by atoms with van der Waals surface area (Å²) in [4.78, 5) is 9.37. The highest BCUT2D eigenvalue weighted by Gasteiger charge is 2.22. The normalized spacial score (nSPS) is 24.4. The van der Waals surface area contributed by atoms with Crippen LogP contribution in [0, 0.1) is 5.92 Å². The standard InChI is InChI=1S/C7H10.C3H6O2/c1-2-7-4-3-6(1)5-7;1-2-3(4)5/h1,7H,2-5H2;2H2,1H3,(H,4,5). The van der Waals surface area contributed by atoms with E-state index in [1.165, 1.54) is 25.7 Å². The Morgan fingerprint density at radius 3 is 2.50 bits per heavy atom. The molecule has 0 aromatic heterocycles. The average molecular weight is 168 g/mol. The zero-order chi connectivity index (χ0) is 8.97. The van der Waals surface area contributed by atoms with Crippen molar-refractivity contribution in [3.05, 3.63) is 11.6 Å². The lowest BCUT2D eigenvalue weighted by Crippen LogP contribution is -1.86. The van der Waals surface area contributed by atoms with Crippen molar-refractivity contribution in [2.24, 2.45) is 5.92 Å². The maximum Gasteiger partial charge on any atom is 0.303 e. The minimum absolute atomic E-state index is 0.222. The lowest BCUT2D eigenvalue weighted by molar-refractivity contribution is -0.136. The largest absolute Gasteiger partial charge is 0.481 e. The van der Waals surface area contributed by atoms with Crippen LogP contribution in [0.15, 0.2) is 11.6 Å². The Morgan fingerprint density at radius 1 is 1.75 bits per heavy atom. The summed E-state index contributed by atoms with van der Waals surface area (Å²) in [5.41, 5.74) is 1.74. The van der Waals surface area contributed by atoms with Crippen LogP contribution >= 0.6 is 0 Å².